The smallest absolute Gasteiger partial charge is 0.407 e. The minimum absolute atomic E-state index is 0.0727. The van der Waals surface area contributed by atoms with Gasteiger partial charge in [-0.2, -0.15) is 0 Å². The maximum atomic E-state index is 15.2. The van der Waals surface area contributed by atoms with E-state index < -0.39 is 90.3 Å². The molecular weight excluding hydrogens is 1030 g/mol. The summed E-state index contributed by atoms with van der Waals surface area (Å²) in [5.41, 5.74) is 6.03. The van der Waals surface area contributed by atoms with Crippen molar-refractivity contribution in [1.29, 1.82) is 0 Å². The van der Waals surface area contributed by atoms with Gasteiger partial charge < -0.3 is 51.6 Å². The highest BCUT2D eigenvalue weighted by Gasteiger charge is 2.39. The quantitative estimate of drug-likeness (QED) is 0.0247. The summed E-state index contributed by atoms with van der Waals surface area (Å²) in [5, 5.41) is 23.3. The van der Waals surface area contributed by atoms with E-state index in [4.69, 9.17) is 15.5 Å². The number of benzene rings is 3. The Kier molecular flexibility index (Phi) is 23.1. The second-order valence-corrected chi connectivity index (χ2v) is 20.5. The van der Waals surface area contributed by atoms with Crippen molar-refractivity contribution in [2.45, 2.75) is 117 Å². The predicted octanol–water partition coefficient (Wildman–Crippen LogP) is 5.94. The minimum Gasteiger partial charge on any atom is -0.445 e. The highest BCUT2D eigenvalue weighted by atomic mass is 19.1. The average Bonchev–Trinajstić information content (AvgIpc) is 4.10. The lowest BCUT2D eigenvalue weighted by atomic mass is 9.84. The number of carbonyl (C=O) groups excluding carboxylic acids is 8. The van der Waals surface area contributed by atoms with Crippen molar-refractivity contribution >= 4 is 53.3 Å². The van der Waals surface area contributed by atoms with Gasteiger partial charge in [-0.15, -0.1) is 0 Å². The number of amides is 9. The van der Waals surface area contributed by atoms with Gasteiger partial charge in [0.1, 0.15) is 49.4 Å². The monoisotopic (exact) mass is 1100 g/mol. The molecule has 0 radical (unpaired) electrons. The van der Waals surface area contributed by atoms with Crippen LogP contribution in [0, 0.1) is 23.0 Å². The van der Waals surface area contributed by atoms with E-state index in [1.165, 1.54) is 29.2 Å². The Morgan fingerprint density at radius 3 is 2.16 bits per heavy atom. The second-order valence-electron chi connectivity index (χ2n) is 20.5. The van der Waals surface area contributed by atoms with E-state index in [1.807, 2.05) is 51.1 Å². The molecule has 1 aromatic heterocycles. The average molecular weight is 1100 g/mol. The van der Waals surface area contributed by atoms with Gasteiger partial charge in [-0.3, -0.25) is 33.7 Å². The minimum atomic E-state index is -1.16. The van der Waals surface area contributed by atoms with Crippen molar-refractivity contribution in [1.82, 2.24) is 40.6 Å². The van der Waals surface area contributed by atoms with Crippen molar-refractivity contribution in [2.24, 2.45) is 17.1 Å². The second kappa shape index (κ2) is 29.6. The van der Waals surface area contributed by atoms with E-state index in [1.54, 1.807) is 36.7 Å². The molecule has 0 saturated heterocycles. The number of aromatic nitrogens is 2. The first-order valence-corrected chi connectivity index (χ1v) is 26.1. The lowest BCUT2D eigenvalue weighted by Gasteiger charge is -2.40. The summed E-state index contributed by atoms with van der Waals surface area (Å²) in [6.07, 6.45) is 4.76. The summed E-state index contributed by atoms with van der Waals surface area (Å²) in [7, 11) is 0. The molecule has 4 atom stereocenters. The fraction of sp³-hybridized carbons (Fsp3) is 0.446. The molecule has 0 saturated carbocycles. The van der Waals surface area contributed by atoms with Crippen LogP contribution in [0.2, 0.25) is 0 Å². The number of nitrogens with one attached hydrogen (secondary N) is 5. The summed E-state index contributed by atoms with van der Waals surface area (Å²) >= 11 is 0. The summed E-state index contributed by atoms with van der Waals surface area (Å²) in [6, 6.07) is 13.5. The molecule has 2 heterocycles. The zero-order chi connectivity index (χ0) is 57.8. The van der Waals surface area contributed by atoms with Crippen molar-refractivity contribution in [3.63, 3.8) is 0 Å². The Balaban J connectivity index is 1.18. The van der Waals surface area contributed by atoms with Crippen LogP contribution >= 0.6 is 0 Å². The Labute approximate surface area is 457 Å². The van der Waals surface area contributed by atoms with Gasteiger partial charge in [-0.1, -0.05) is 83.5 Å². The number of carbonyl (C=O) groups is 8. The Bertz CT molecular complexity index is 2770. The number of urea groups is 1. The summed E-state index contributed by atoms with van der Waals surface area (Å²) in [4.78, 5) is 109. The van der Waals surface area contributed by atoms with Gasteiger partial charge in [-0.25, -0.2) is 27.7 Å². The van der Waals surface area contributed by atoms with Gasteiger partial charge in [0.05, 0.1) is 17.8 Å². The Hall–Kier alpha value is -8.08. The third-order valence-corrected chi connectivity index (χ3v) is 12.9. The maximum absolute atomic E-state index is 15.2. The SMILES string of the molecule is CC(C)[C@H](NC(=O)CCCCCN1C(=O)C=CC1=O)C(=O)N[C@@H](CCCNC(N)=O)C(=O)Nc1ccc(COC(=O)N[C@H](CF)CCN(C(=O)CO)[C@@H](c2nc(-c3cc(F)ccc3F)cn2Cc2ccccc2)C(C)(C)C)cc1. The van der Waals surface area contributed by atoms with Crippen LogP contribution in [0.3, 0.4) is 0 Å². The number of nitrogens with zero attached hydrogens (tertiary/aromatic N) is 4. The molecular formula is C56H71F3N10O10. The molecule has 8 N–H and O–H groups in total. The molecule has 0 bridgehead atoms. The van der Waals surface area contributed by atoms with Crippen LogP contribution in [-0.4, -0.2) is 123 Å². The van der Waals surface area contributed by atoms with E-state index in [0.29, 0.717) is 36.3 Å². The van der Waals surface area contributed by atoms with Crippen molar-refractivity contribution in [2.75, 3.05) is 38.2 Å². The summed E-state index contributed by atoms with van der Waals surface area (Å²) in [5.74, 6) is -4.59. The largest absolute Gasteiger partial charge is 0.445 e. The zero-order valence-electron chi connectivity index (χ0n) is 45.1. The Morgan fingerprint density at radius 2 is 1.53 bits per heavy atom. The highest BCUT2D eigenvalue weighted by Crippen LogP contribution is 2.40. The molecule has 0 fully saturated rings. The number of imidazole rings is 1. The molecule has 5 rings (SSSR count). The van der Waals surface area contributed by atoms with Crippen LogP contribution in [0.4, 0.5) is 28.4 Å². The van der Waals surface area contributed by atoms with Crippen molar-refractivity contribution < 1.29 is 61.4 Å². The molecule has 3 aromatic carbocycles. The normalized spacial score (nSPS) is 13.8. The van der Waals surface area contributed by atoms with Gasteiger partial charge in [0.2, 0.25) is 23.6 Å². The number of imide groups is 1. The predicted molar refractivity (Wildman–Crippen MR) is 287 cm³/mol. The van der Waals surface area contributed by atoms with Gasteiger partial charge in [0, 0.05) is 62.2 Å². The number of nitrogens with two attached hydrogens (primary N) is 1. The number of halogens is 3. The molecule has 426 valence electrons. The fourth-order valence-electron chi connectivity index (χ4n) is 8.83. The first kappa shape index (κ1) is 61.8. The van der Waals surface area contributed by atoms with Crippen LogP contribution < -0.4 is 32.3 Å². The van der Waals surface area contributed by atoms with E-state index in [9.17, 15) is 52.2 Å². The molecule has 0 aliphatic carbocycles. The molecule has 0 spiro atoms. The van der Waals surface area contributed by atoms with Gasteiger partial charge >= 0.3 is 12.1 Å². The number of alkyl carbamates (subject to hydrolysis) is 1. The van der Waals surface area contributed by atoms with E-state index in [0.717, 1.165) is 28.7 Å². The zero-order valence-corrected chi connectivity index (χ0v) is 45.1. The number of aliphatic hydroxyl groups excluding tert-OH is 1. The first-order valence-electron chi connectivity index (χ1n) is 26.1. The number of primary amides is 1. The van der Waals surface area contributed by atoms with Gasteiger partial charge in [0.15, 0.2) is 0 Å². The number of alkyl halides is 1. The third kappa shape index (κ3) is 18.8. The lowest BCUT2D eigenvalue weighted by Crippen LogP contribution is -2.54. The molecule has 20 nitrogen and oxygen atoms in total. The number of hydrogen-bond donors (Lipinski definition) is 7. The number of unbranched alkanes of at least 4 members (excludes halogenated alkanes) is 2. The fourth-order valence-corrected chi connectivity index (χ4v) is 8.83. The molecule has 9 amide bonds. The Morgan fingerprint density at radius 1 is 0.835 bits per heavy atom. The molecule has 1 aliphatic heterocycles. The molecule has 1 aliphatic rings. The topological polar surface area (TPSA) is 276 Å². The molecule has 0 unspecified atom stereocenters. The number of hydrogen-bond acceptors (Lipinski definition) is 11. The van der Waals surface area contributed by atoms with Crippen LogP contribution in [-0.2, 0) is 46.7 Å². The highest BCUT2D eigenvalue weighted by molar-refractivity contribution is 6.12. The summed E-state index contributed by atoms with van der Waals surface area (Å²) < 4.78 is 51.4. The van der Waals surface area contributed by atoms with E-state index in [2.05, 4.69) is 26.6 Å². The van der Waals surface area contributed by atoms with E-state index >= 15 is 4.39 Å². The van der Waals surface area contributed by atoms with E-state index in [-0.39, 0.29) is 87.5 Å². The first-order chi connectivity index (χ1) is 37.6. The van der Waals surface area contributed by atoms with Crippen LogP contribution in [0.1, 0.15) is 103 Å². The molecule has 4 aromatic rings. The van der Waals surface area contributed by atoms with Crippen molar-refractivity contribution in [3.8, 4) is 11.3 Å². The molecule has 79 heavy (non-hydrogen) atoms. The molecule has 23 heteroatoms. The van der Waals surface area contributed by atoms with Gasteiger partial charge in [-0.05, 0) is 84.9 Å². The number of anilines is 1. The lowest BCUT2D eigenvalue weighted by molar-refractivity contribution is -0.140. The van der Waals surface area contributed by atoms with Crippen LogP contribution in [0.15, 0.2) is 91.1 Å². The van der Waals surface area contributed by atoms with Crippen LogP contribution in [0.25, 0.3) is 11.3 Å². The third-order valence-electron chi connectivity index (χ3n) is 12.9. The van der Waals surface area contributed by atoms with Crippen molar-refractivity contribution in [3.05, 3.63) is 120 Å². The maximum Gasteiger partial charge on any atom is 0.407 e. The standard InChI is InChI=1S/C56H71F3N10O10/c1-35(2)49(66-45(71)16-10-7-11-27-68-46(72)23-24-47(68)73)53(76)65-43(15-12-26-61-54(60)77)52(75)62-39-20-17-37(18-21-39)34-79-55(78)63-40(30-57)25-28-69(48(74)33-70)50(56(3,4)5)51-64-44(41-29-38(58)19-22-42(41)59)32-67(51)31-36-13-8-6-9-14-36/h6,8-9,13-14,17-24,29,32,35,40,43,49-50,70H,7,10-12,15-16,25-28,30-31,33-34H2,1-5H3,(H,62,75)(H,63,78)(H,65,76)(H,66,71)(H3,60,61,77)/t40-,43-,49-,50-/m0/s1. The summed E-state index contributed by atoms with van der Waals surface area (Å²) in [6.45, 7) is 7.12. The number of ether oxygens (including phenoxy) is 1. The van der Waals surface area contributed by atoms with Crippen LogP contribution in [0.5, 0.6) is 0 Å². The number of aliphatic hydroxyl groups is 1. The van der Waals surface area contributed by atoms with Gasteiger partial charge in [0.25, 0.3) is 11.8 Å². The number of rotatable bonds is 29.